The molecule has 0 saturated carbocycles. The van der Waals surface area contributed by atoms with Gasteiger partial charge in [-0.1, -0.05) is 24.3 Å². The summed E-state index contributed by atoms with van der Waals surface area (Å²) < 4.78 is 5.28. The molecule has 1 atom stereocenters. The Morgan fingerprint density at radius 1 is 1.08 bits per heavy atom. The number of nitrogens with zero attached hydrogens (tertiary/aromatic N) is 2. The van der Waals surface area contributed by atoms with Crippen molar-refractivity contribution in [2.75, 3.05) is 38.5 Å². The Kier molecular flexibility index (Phi) is 6.42. The van der Waals surface area contributed by atoms with Crippen LogP contribution in [0.25, 0.3) is 0 Å². The molecule has 0 aliphatic rings. The van der Waals surface area contributed by atoms with Gasteiger partial charge in [0.15, 0.2) is 0 Å². The van der Waals surface area contributed by atoms with Gasteiger partial charge in [-0.05, 0) is 43.8 Å². The Morgan fingerprint density at radius 2 is 1.72 bits per heavy atom. The molecule has 134 valence electrons. The molecule has 2 aromatic carbocycles. The molecule has 0 unspecified atom stereocenters. The third-order valence-corrected chi connectivity index (χ3v) is 4.29. The number of para-hydroxylation sites is 2. The third kappa shape index (κ3) is 4.97. The van der Waals surface area contributed by atoms with Gasteiger partial charge in [-0.3, -0.25) is 9.69 Å². The van der Waals surface area contributed by atoms with Crippen LogP contribution >= 0.6 is 0 Å². The molecule has 0 aliphatic carbocycles. The predicted octanol–water partition coefficient (Wildman–Crippen LogP) is 3.22. The average molecular weight is 341 g/mol. The molecule has 25 heavy (non-hydrogen) atoms. The highest BCUT2D eigenvalue weighted by molar-refractivity contribution is 5.95. The second-order valence-electron chi connectivity index (χ2n) is 6.34. The van der Waals surface area contributed by atoms with Crippen molar-refractivity contribution in [3.63, 3.8) is 0 Å². The molecule has 0 radical (unpaired) electrons. The first kappa shape index (κ1) is 18.8. The van der Waals surface area contributed by atoms with Crippen molar-refractivity contribution >= 4 is 17.3 Å². The summed E-state index contributed by atoms with van der Waals surface area (Å²) in [6.45, 7) is 2.60. The summed E-state index contributed by atoms with van der Waals surface area (Å²) in [5.74, 6) is 0.599. The number of benzene rings is 2. The lowest BCUT2D eigenvalue weighted by molar-refractivity contribution is -0.120. The summed E-state index contributed by atoms with van der Waals surface area (Å²) in [7, 11) is 7.58. The molecule has 0 fully saturated rings. The van der Waals surface area contributed by atoms with E-state index in [-0.39, 0.29) is 11.9 Å². The van der Waals surface area contributed by atoms with Crippen LogP contribution in [-0.4, -0.2) is 45.1 Å². The number of carbonyl (C=O) groups excluding carboxylic acids is 1. The minimum atomic E-state index is -0.265. The monoisotopic (exact) mass is 341 g/mol. The Hall–Kier alpha value is -2.53. The third-order valence-electron chi connectivity index (χ3n) is 4.29. The average Bonchev–Trinajstić information content (AvgIpc) is 2.61. The number of anilines is 2. The highest BCUT2D eigenvalue weighted by Gasteiger charge is 2.19. The summed E-state index contributed by atoms with van der Waals surface area (Å²) in [4.78, 5) is 16.6. The molecular formula is C20H27N3O2. The van der Waals surface area contributed by atoms with Crippen LogP contribution in [0.3, 0.4) is 0 Å². The van der Waals surface area contributed by atoms with Gasteiger partial charge in [0.1, 0.15) is 5.75 Å². The Labute approximate surface area is 150 Å². The Balaban J connectivity index is 1.98. The maximum absolute atomic E-state index is 12.5. The summed E-state index contributed by atoms with van der Waals surface area (Å²) >= 11 is 0. The number of likely N-dealkylation sites (N-methyl/N-ethyl adjacent to an activating group) is 1. The number of rotatable bonds is 7. The summed E-state index contributed by atoms with van der Waals surface area (Å²) in [6.07, 6.45) is 0. The van der Waals surface area contributed by atoms with Gasteiger partial charge in [0.05, 0.1) is 18.8 Å². The van der Waals surface area contributed by atoms with Crippen LogP contribution in [0, 0.1) is 0 Å². The first-order valence-electron chi connectivity index (χ1n) is 8.32. The Bertz CT molecular complexity index is 698. The van der Waals surface area contributed by atoms with Gasteiger partial charge < -0.3 is 15.0 Å². The number of methoxy groups -OCH3 is 1. The van der Waals surface area contributed by atoms with Crippen molar-refractivity contribution in [1.82, 2.24) is 4.90 Å². The van der Waals surface area contributed by atoms with E-state index in [0.717, 1.165) is 5.69 Å². The molecule has 0 saturated heterocycles. The first-order chi connectivity index (χ1) is 11.9. The maximum atomic E-state index is 12.5. The highest BCUT2D eigenvalue weighted by atomic mass is 16.5. The van der Waals surface area contributed by atoms with Crippen LogP contribution in [0.1, 0.15) is 12.5 Å². The Morgan fingerprint density at radius 3 is 2.32 bits per heavy atom. The van der Waals surface area contributed by atoms with Gasteiger partial charge in [-0.25, -0.2) is 0 Å². The fraction of sp³-hybridized carbons (Fsp3) is 0.350. The summed E-state index contributed by atoms with van der Waals surface area (Å²) in [5.41, 5.74) is 3.02. The lowest BCUT2D eigenvalue weighted by Crippen LogP contribution is -2.39. The van der Waals surface area contributed by atoms with Crippen molar-refractivity contribution in [2.45, 2.75) is 19.5 Å². The fourth-order valence-electron chi connectivity index (χ4n) is 2.51. The molecule has 0 heterocycles. The van der Waals surface area contributed by atoms with Crippen LogP contribution in [0.4, 0.5) is 11.4 Å². The minimum absolute atomic E-state index is 0.0584. The van der Waals surface area contributed by atoms with E-state index in [9.17, 15) is 4.79 Å². The van der Waals surface area contributed by atoms with E-state index in [2.05, 4.69) is 34.5 Å². The lowest BCUT2D eigenvalue weighted by Gasteiger charge is -2.24. The van der Waals surface area contributed by atoms with Crippen LogP contribution in [0.15, 0.2) is 48.5 Å². The van der Waals surface area contributed by atoms with E-state index in [1.807, 2.05) is 57.2 Å². The smallest absolute Gasteiger partial charge is 0.241 e. The van der Waals surface area contributed by atoms with Crippen LogP contribution in [0.2, 0.25) is 0 Å². The predicted molar refractivity (Wildman–Crippen MR) is 103 cm³/mol. The highest BCUT2D eigenvalue weighted by Crippen LogP contribution is 2.23. The van der Waals surface area contributed by atoms with Crippen LogP contribution in [-0.2, 0) is 11.3 Å². The second-order valence-corrected chi connectivity index (χ2v) is 6.34. The van der Waals surface area contributed by atoms with E-state index < -0.39 is 0 Å². The molecule has 2 rings (SSSR count). The number of ether oxygens (including phenoxy) is 1. The van der Waals surface area contributed by atoms with Crippen molar-refractivity contribution in [3.8, 4) is 5.75 Å². The number of nitrogens with one attached hydrogen (secondary N) is 1. The van der Waals surface area contributed by atoms with Gasteiger partial charge in [-0.15, -0.1) is 0 Å². The van der Waals surface area contributed by atoms with E-state index in [4.69, 9.17) is 4.74 Å². The van der Waals surface area contributed by atoms with Crippen molar-refractivity contribution in [1.29, 1.82) is 0 Å². The summed E-state index contributed by atoms with van der Waals surface area (Å²) in [6, 6.07) is 15.5. The number of hydrogen-bond acceptors (Lipinski definition) is 4. The van der Waals surface area contributed by atoms with Gasteiger partial charge in [0.2, 0.25) is 5.91 Å². The fourth-order valence-corrected chi connectivity index (χ4v) is 2.51. The van der Waals surface area contributed by atoms with Gasteiger partial charge >= 0.3 is 0 Å². The lowest BCUT2D eigenvalue weighted by atomic mass is 10.1. The van der Waals surface area contributed by atoms with E-state index in [1.165, 1.54) is 5.56 Å². The minimum Gasteiger partial charge on any atom is -0.495 e. The van der Waals surface area contributed by atoms with E-state index in [1.54, 1.807) is 7.11 Å². The quantitative estimate of drug-likeness (QED) is 0.840. The molecule has 2 aromatic rings. The molecule has 0 spiro atoms. The zero-order chi connectivity index (χ0) is 18.4. The molecule has 0 bridgehead atoms. The summed E-state index contributed by atoms with van der Waals surface area (Å²) in [5, 5.41) is 2.94. The van der Waals surface area contributed by atoms with E-state index >= 15 is 0 Å². The molecule has 1 N–H and O–H groups in total. The van der Waals surface area contributed by atoms with Crippen molar-refractivity contribution in [3.05, 3.63) is 54.1 Å². The number of amides is 1. The number of carbonyl (C=O) groups is 1. The molecule has 0 aromatic heterocycles. The SMILES string of the molecule is COc1ccccc1NC(=O)[C@H](C)N(C)Cc1ccc(N(C)C)cc1. The molecule has 5 heteroatoms. The zero-order valence-electron chi connectivity index (χ0n) is 15.6. The van der Waals surface area contributed by atoms with Crippen LogP contribution in [0.5, 0.6) is 5.75 Å². The topological polar surface area (TPSA) is 44.8 Å². The molecule has 5 nitrogen and oxygen atoms in total. The van der Waals surface area contributed by atoms with Gasteiger partial charge in [-0.2, -0.15) is 0 Å². The van der Waals surface area contributed by atoms with Crippen molar-refractivity contribution < 1.29 is 9.53 Å². The largest absolute Gasteiger partial charge is 0.495 e. The molecule has 1 amide bonds. The number of hydrogen-bond donors (Lipinski definition) is 1. The van der Waals surface area contributed by atoms with Gasteiger partial charge in [0, 0.05) is 26.3 Å². The maximum Gasteiger partial charge on any atom is 0.241 e. The first-order valence-corrected chi connectivity index (χ1v) is 8.32. The standard InChI is InChI=1S/C20H27N3O2/c1-15(20(24)21-18-8-6-7-9-19(18)25-5)23(4)14-16-10-12-17(13-11-16)22(2)3/h6-13,15H,14H2,1-5H3,(H,21,24)/t15-/m0/s1. The molecule has 0 aliphatic heterocycles. The molecular weight excluding hydrogens is 314 g/mol. The van der Waals surface area contributed by atoms with E-state index in [0.29, 0.717) is 18.0 Å². The normalized spacial score (nSPS) is 11.9. The second kappa shape index (κ2) is 8.53. The van der Waals surface area contributed by atoms with Crippen LogP contribution < -0.4 is 15.0 Å². The van der Waals surface area contributed by atoms with Crippen molar-refractivity contribution in [2.24, 2.45) is 0 Å². The zero-order valence-corrected chi connectivity index (χ0v) is 15.6. The van der Waals surface area contributed by atoms with Gasteiger partial charge in [0.25, 0.3) is 0 Å².